The van der Waals surface area contributed by atoms with Gasteiger partial charge in [0, 0.05) is 0 Å². The van der Waals surface area contributed by atoms with Crippen LogP contribution in [-0.4, -0.2) is 24.3 Å². The Morgan fingerprint density at radius 1 is 1.73 bits per heavy atom. The number of esters is 1. The van der Waals surface area contributed by atoms with Crippen LogP contribution in [0.3, 0.4) is 0 Å². The standard InChI is InChI=1S/C8H14O3/c1-8(7(10)11-2)5-3-4-6(8)9/h6,9H,3-5H2,1-2H3. The van der Waals surface area contributed by atoms with Crippen LogP contribution in [0.1, 0.15) is 26.2 Å². The van der Waals surface area contributed by atoms with E-state index in [0.29, 0.717) is 6.42 Å². The number of carbonyl (C=O) groups is 1. The number of carbonyl (C=O) groups excluding carboxylic acids is 1. The molecule has 1 aliphatic carbocycles. The van der Waals surface area contributed by atoms with Gasteiger partial charge in [0.05, 0.1) is 18.6 Å². The van der Waals surface area contributed by atoms with Gasteiger partial charge in [0.15, 0.2) is 0 Å². The van der Waals surface area contributed by atoms with Crippen molar-refractivity contribution in [2.75, 3.05) is 7.11 Å². The Morgan fingerprint density at radius 3 is 2.73 bits per heavy atom. The molecule has 64 valence electrons. The van der Waals surface area contributed by atoms with Gasteiger partial charge in [0.25, 0.3) is 0 Å². The predicted molar refractivity (Wildman–Crippen MR) is 40.0 cm³/mol. The molecule has 1 fully saturated rings. The maximum atomic E-state index is 11.2. The molecule has 2 unspecified atom stereocenters. The van der Waals surface area contributed by atoms with E-state index in [0.717, 1.165) is 12.8 Å². The van der Waals surface area contributed by atoms with Crippen molar-refractivity contribution in [3.05, 3.63) is 0 Å². The van der Waals surface area contributed by atoms with Crippen LogP contribution in [0.2, 0.25) is 0 Å². The molecule has 0 aliphatic heterocycles. The maximum absolute atomic E-state index is 11.2. The van der Waals surface area contributed by atoms with Crippen LogP contribution in [0, 0.1) is 5.41 Å². The summed E-state index contributed by atoms with van der Waals surface area (Å²) < 4.78 is 4.61. The number of rotatable bonds is 1. The van der Waals surface area contributed by atoms with Crippen LogP contribution >= 0.6 is 0 Å². The summed E-state index contributed by atoms with van der Waals surface area (Å²) in [6, 6.07) is 0. The summed E-state index contributed by atoms with van der Waals surface area (Å²) in [5, 5.41) is 9.45. The summed E-state index contributed by atoms with van der Waals surface area (Å²) in [4.78, 5) is 11.2. The topological polar surface area (TPSA) is 46.5 Å². The molecule has 3 heteroatoms. The van der Waals surface area contributed by atoms with Crippen molar-refractivity contribution in [1.82, 2.24) is 0 Å². The molecule has 0 radical (unpaired) electrons. The molecule has 0 bridgehead atoms. The average Bonchev–Trinajstić information content (AvgIpc) is 2.32. The Kier molecular flexibility index (Phi) is 2.18. The zero-order valence-electron chi connectivity index (χ0n) is 6.96. The number of hydrogen-bond donors (Lipinski definition) is 1. The fourth-order valence-corrected chi connectivity index (χ4v) is 1.62. The van der Waals surface area contributed by atoms with Crippen LogP contribution in [0.4, 0.5) is 0 Å². The molecule has 1 saturated carbocycles. The fraction of sp³-hybridized carbons (Fsp3) is 0.875. The van der Waals surface area contributed by atoms with Gasteiger partial charge in [-0.25, -0.2) is 0 Å². The van der Waals surface area contributed by atoms with Crippen LogP contribution in [-0.2, 0) is 9.53 Å². The van der Waals surface area contributed by atoms with E-state index >= 15 is 0 Å². The Morgan fingerprint density at radius 2 is 2.36 bits per heavy atom. The van der Waals surface area contributed by atoms with Crippen molar-refractivity contribution in [2.45, 2.75) is 32.3 Å². The zero-order chi connectivity index (χ0) is 8.48. The Labute approximate surface area is 66.4 Å². The Bertz CT molecular complexity index is 167. The van der Waals surface area contributed by atoms with E-state index in [4.69, 9.17) is 0 Å². The molecule has 0 amide bonds. The summed E-state index contributed by atoms with van der Waals surface area (Å²) in [5.41, 5.74) is -0.644. The molecule has 0 spiro atoms. The summed E-state index contributed by atoms with van der Waals surface area (Å²) in [6.45, 7) is 1.76. The highest BCUT2D eigenvalue weighted by Crippen LogP contribution is 2.38. The van der Waals surface area contributed by atoms with E-state index in [9.17, 15) is 9.90 Å². The SMILES string of the molecule is COC(=O)C1(C)CCCC1O. The van der Waals surface area contributed by atoms with Crippen molar-refractivity contribution in [3.63, 3.8) is 0 Å². The molecule has 2 atom stereocenters. The normalized spacial score (nSPS) is 37.2. The first-order valence-electron chi connectivity index (χ1n) is 3.88. The Balaban J connectivity index is 2.72. The molecule has 1 N–H and O–H groups in total. The van der Waals surface area contributed by atoms with Crippen LogP contribution in [0.15, 0.2) is 0 Å². The molecule has 1 aliphatic rings. The molecule has 11 heavy (non-hydrogen) atoms. The molecule has 0 heterocycles. The van der Waals surface area contributed by atoms with Crippen LogP contribution in [0.5, 0.6) is 0 Å². The second kappa shape index (κ2) is 2.81. The molecule has 1 rings (SSSR count). The second-order valence-electron chi connectivity index (χ2n) is 3.32. The lowest BCUT2D eigenvalue weighted by molar-refractivity contribution is -0.156. The van der Waals surface area contributed by atoms with Crippen LogP contribution in [0.25, 0.3) is 0 Å². The third-order valence-electron chi connectivity index (χ3n) is 2.56. The molecule has 0 aromatic rings. The predicted octanol–water partition coefficient (Wildman–Crippen LogP) is 0.710. The zero-order valence-corrected chi connectivity index (χ0v) is 6.96. The second-order valence-corrected chi connectivity index (χ2v) is 3.32. The summed E-state index contributed by atoms with van der Waals surface area (Å²) in [6.07, 6.45) is 1.84. The van der Waals surface area contributed by atoms with E-state index in [1.807, 2.05) is 0 Å². The van der Waals surface area contributed by atoms with Crippen molar-refractivity contribution in [3.8, 4) is 0 Å². The monoisotopic (exact) mass is 158 g/mol. The van der Waals surface area contributed by atoms with E-state index in [2.05, 4.69) is 4.74 Å². The molecular formula is C8H14O3. The molecule has 0 aromatic carbocycles. The number of hydrogen-bond acceptors (Lipinski definition) is 3. The highest BCUT2D eigenvalue weighted by Gasteiger charge is 2.45. The molecule has 3 nitrogen and oxygen atoms in total. The first kappa shape index (κ1) is 8.53. The van der Waals surface area contributed by atoms with E-state index in [1.165, 1.54) is 7.11 Å². The minimum absolute atomic E-state index is 0.289. The van der Waals surface area contributed by atoms with E-state index in [-0.39, 0.29) is 5.97 Å². The van der Waals surface area contributed by atoms with Gasteiger partial charge >= 0.3 is 5.97 Å². The maximum Gasteiger partial charge on any atom is 0.314 e. The van der Waals surface area contributed by atoms with Crippen molar-refractivity contribution < 1.29 is 14.6 Å². The highest BCUT2D eigenvalue weighted by atomic mass is 16.5. The molecule has 0 saturated heterocycles. The van der Waals surface area contributed by atoms with Gasteiger partial charge in [0.2, 0.25) is 0 Å². The lowest BCUT2D eigenvalue weighted by atomic mass is 9.87. The lowest BCUT2D eigenvalue weighted by Gasteiger charge is -2.24. The number of aliphatic hydroxyl groups excluding tert-OH is 1. The summed E-state index contributed by atoms with van der Waals surface area (Å²) >= 11 is 0. The highest BCUT2D eigenvalue weighted by molar-refractivity contribution is 5.77. The van der Waals surface area contributed by atoms with E-state index < -0.39 is 11.5 Å². The average molecular weight is 158 g/mol. The van der Waals surface area contributed by atoms with Gasteiger partial charge in [0.1, 0.15) is 0 Å². The summed E-state index contributed by atoms with van der Waals surface area (Å²) in [5.74, 6) is -0.289. The Hall–Kier alpha value is -0.570. The lowest BCUT2D eigenvalue weighted by Crippen LogP contribution is -2.36. The first-order valence-corrected chi connectivity index (χ1v) is 3.88. The molecular weight excluding hydrogens is 144 g/mol. The van der Waals surface area contributed by atoms with Crippen molar-refractivity contribution in [1.29, 1.82) is 0 Å². The minimum Gasteiger partial charge on any atom is -0.469 e. The fourth-order valence-electron chi connectivity index (χ4n) is 1.62. The van der Waals surface area contributed by atoms with Gasteiger partial charge in [-0.2, -0.15) is 0 Å². The van der Waals surface area contributed by atoms with Gasteiger partial charge in [-0.3, -0.25) is 4.79 Å². The third kappa shape index (κ3) is 1.25. The number of methoxy groups -OCH3 is 1. The summed E-state index contributed by atoms with van der Waals surface area (Å²) in [7, 11) is 1.36. The third-order valence-corrected chi connectivity index (χ3v) is 2.56. The number of ether oxygens (including phenoxy) is 1. The van der Waals surface area contributed by atoms with Gasteiger partial charge < -0.3 is 9.84 Å². The number of aliphatic hydroxyl groups is 1. The van der Waals surface area contributed by atoms with Gasteiger partial charge in [-0.15, -0.1) is 0 Å². The molecule has 0 aromatic heterocycles. The van der Waals surface area contributed by atoms with Gasteiger partial charge in [-0.05, 0) is 26.2 Å². The van der Waals surface area contributed by atoms with Crippen LogP contribution < -0.4 is 0 Å². The quantitative estimate of drug-likeness (QED) is 0.572. The van der Waals surface area contributed by atoms with Crippen molar-refractivity contribution >= 4 is 5.97 Å². The van der Waals surface area contributed by atoms with Crippen molar-refractivity contribution in [2.24, 2.45) is 5.41 Å². The smallest absolute Gasteiger partial charge is 0.314 e. The largest absolute Gasteiger partial charge is 0.469 e. The first-order chi connectivity index (χ1) is 5.11. The van der Waals surface area contributed by atoms with Gasteiger partial charge in [-0.1, -0.05) is 0 Å². The minimum atomic E-state index is -0.644. The van der Waals surface area contributed by atoms with E-state index in [1.54, 1.807) is 6.92 Å².